The topological polar surface area (TPSA) is 68.0 Å². The van der Waals surface area contributed by atoms with Gasteiger partial charge in [0.05, 0.1) is 11.2 Å². The van der Waals surface area contributed by atoms with Crippen LogP contribution in [0.5, 0.6) is 0 Å². The summed E-state index contributed by atoms with van der Waals surface area (Å²) in [4.78, 5) is 17.5. The van der Waals surface area contributed by atoms with Crippen LogP contribution >= 0.6 is 11.3 Å². The fraction of sp³-hybridized carbons (Fsp3) is 0.714. The molecule has 1 aromatic rings. The van der Waals surface area contributed by atoms with Crippen molar-refractivity contribution in [3.63, 3.8) is 0 Å². The molecule has 2 rings (SSSR count). The lowest BCUT2D eigenvalue weighted by Crippen LogP contribution is -2.40. The van der Waals surface area contributed by atoms with Gasteiger partial charge in [0.2, 0.25) is 0 Å². The van der Waals surface area contributed by atoms with Crippen LogP contribution in [0, 0.1) is 5.92 Å². The molecular weight excluding hydrogens is 258 g/mol. The zero-order valence-corrected chi connectivity index (χ0v) is 12.7. The van der Waals surface area contributed by atoms with Gasteiger partial charge in [0.1, 0.15) is 4.88 Å². The molecule has 2 atom stereocenters. The van der Waals surface area contributed by atoms with Crippen LogP contribution < -0.4 is 11.1 Å². The van der Waals surface area contributed by atoms with Gasteiger partial charge in [-0.05, 0) is 25.3 Å². The first-order valence-corrected chi connectivity index (χ1v) is 7.76. The average Bonchev–Trinajstić information content (AvgIpc) is 2.95. The Morgan fingerprint density at radius 2 is 2.26 bits per heavy atom. The summed E-state index contributed by atoms with van der Waals surface area (Å²) in [6.07, 6.45) is 3.31. The second-order valence-corrected chi connectivity index (χ2v) is 7.14. The van der Waals surface area contributed by atoms with E-state index >= 15 is 0 Å². The molecule has 1 heterocycles. The maximum absolute atomic E-state index is 12.4. The second-order valence-electron chi connectivity index (χ2n) is 6.29. The lowest BCUT2D eigenvalue weighted by atomic mass is 9.91. The molecule has 0 radical (unpaired) electrons. The van der Waals surface area contributed by atoms with Crippen molar-refractivity contribution in [3.8, 4) is 0 Å². The minimum absolute atomic E-state index is 0.0118. The van der Waals surface area contributed by atoms with E-state index in [0.717, 1.165) is 29.8 Å². The molecule has 0 aromatic carbocycles. The second kappa shape index (κ2) is 5.59. The average molecular weight is 281 g/mol. The van der Waals surface area contributed by atoms with E-state index in [1.165, 1.54) is 11.3 Å². The quantitative estimate of drug-likeness (QED) is 0.893. The SMILES string of the molecule is CC(C)(C)c1ncsc1C(=O)NC1CCCC1CN. The minimum Gasteiger partial charge on any atom is -0.348 e. The van der Waals surface area contributed by atoms with E-state index in [9.17, 15) is 4.79 Å². The number of nitrogens with two attached hydrogens (primary N) is 1. The number of hydrogen-bond donors (Lipinski definition) is 2. The minimum atomic E-state index is -0.102. The van der Waals surface area contributed by atoms with Crippen molar-refractivity contribution >= 4 is 17.2 Å². The Balaban J connectivity index is 2.11. The van der Waals surface area contributed by atoms with Crippen molar-refractivity contribution in [1.29, 1.82) is 0 Å². The third-order valence-corrected chi connectivity index (χ3v) is 4.59. The fourth-order valence-electron chi connectivity index (χ4n) is 2.68. The van der Waals surface area contributed by atoms with Crippen LogP contribution in [0.1, 0.15) is 55.4 Å². The van der Waals surface area contributed by atoms with Crippen molar-refractivity contribution < 1.29 is 4.79 Å². The molecular formula is C14H23N3OS. The van der Waals surface area contributed by atoms with Crippen LogP contribution in [0.15, 0.2) is 5.51 Å². The summed E-state index contributed by atoms with van der Waals surface area (Å²) in [5.41, 5.74) is 8.30. The van der Waals surface area contributed by atoms with Gasteiger partial charge in [0, 0.05) is 11.5 Å². The lowest BCUT2D eigenvalue weighted by Gasteiger charge is -2.21. The molecule has 0 aliphatic heterocycles. The van der Waals surface area contributed by atoms with Gasteiger partial charge < -0.3 is 11.1 Å². The summed E-state index contributed by atoms with van der Waals surface area (Å²) in [5, 5.41) is 3.15. The maximum Gasteiger partial charge on any atom is 0.263 e. The van der Waals surface area contributed by atoms with Gasteiger partial charge in [-0.1, -0.05) is 27.2 Å². The molecule has 1 aliphatic carbocycles. The van der Waals surface area contributed by atoms with E-state index in [2.05, 4.69) is 31.1 Å². The van der Waals surface area contributed by atoms with Crippen LogP contribution in [0.25, 0.3) is 0 Å². The highest BCUT2D eigenvalue weighted by atomic mass is 32.1. The van der Waals surface area contributed by atoms with E-state index in [4.69, 9.17) is 5.73 Å². The highest BCUT2D eigenvalue weighted by Gasteiger charge is 2.30. The number of nitrogens with one attached hydrogen (secondary N) is 1. The summed E-state index contributed by atoms with van der Waals surface area (Å²) in [5.74, 6) is 0.438. The Labute approximate surface area is 118 Å². The van der Waals surface area contributed by atoms with Gasteiger partial charge >= 0.3 is 0 Å². The molecule has 19 heavy (non-hydrogen) atoms. The van der Waals surface area contributed by atoms with Crippen molar-refractivity contribution in [2.45, 2.75) is 51.5 Å². The molecule has 0 saturated heterocycles. The molecule has 0 spiro atoms. The predicted molar refractivity (Wildman–Crippen MR) is 78.5 cm³/mol. The van der Waals surface area contributed by atoms with Crippen molar-refractivity contribution in [2.24, 2.45) is 11.7 Å². The standard InChI is InChI=1S/C14H23N3OS/c1-14(2,3)12-11(19-8-16-12)13(18)17-10-6-4-5-9(10)7-15/h8-10H,4-7,15H2,1-3H3,(H,17,18). The Kier molecular flexibility index (Phi) is 4.26. The smallest absolute Gasteiger partial charge is 0.263 e. The molecule has 4 nitrogen and oxygen atoms in total. The molecule has 1 saturated carbocycles. The molecule has 5 heteroatoms. The number of aromatic nitrogens is 1. The van der Waals surface area contributed by atoms with Crippen LogP contribution in [0.4, 0.5) is 0 Å². The number of rotatable bonds is 3. The third kappa shape index (κ3) is 3.15. The monoisotopic (exact) mass is 281 g/mol. The zero-order chi connectivity index (χ0) is 14.0. The molecule has 3 N–H and O–H groups in total. The van der Waals surface area contributed by atoms with Gasteiger partial charge in [0.15, 0.2) is 0 Å². The number of hydrogen-bond acceptors (Lipinski definition) is 4. The summed E-state index contributed by atoms with van der Waals surface area (Å²) in [7, 11) is 0. The number of carbonyl (C=O) groups is 1. The van der Waals surface area contributed by atoms with E-state index in [0.29, 0.717) is 12.5 Å². The van der Waals surface area contributed by atoms with Gasteiger partial charge in [-0.25, -0.2) is 4.98 Å². The van der Waals surface area contributed by atoms with Crippen LogP contribution in [0.2, 0.25) is 0 Å². The van der Waals surface area contributed by atoms with Crippen molar-refractivity contribution in [3.05, 3.63) is 16.1 Å². The van der Waals surface area contributed by atoms with Gasteiger partial charge in [0.25, 0.3) is 5.91 Å². The fourth-order valence-corrected chi connectivity index (χ4v) is 3.58. The largest absolute Gasteiger partial charge is 0.348 e. The molecule has 0 bridgehead atoms. The first-order valence-electron chi connectivity index (χ1n) is 6.88. The van der Waals surface area contributed by atoms with Gasteiger partial charge in [-0.2, -0.15) is 0 Å². The zero-order valence-electron chi connectivity index (χ0n) is 11.9. The Bertz CT molecular complexity index is 450. The maximum atomic E-state index is 12.4. The predicted octanol–water partition coefficient (Wildman–Crippen LogP) is 2.30. The highest BCUT2D eigenvalue weighted by Crippen LogP contribution is 2.29. The Hall–Kier alpha value is -0.940. The lowest BCUT2D eigenvalue weighted by molar-refractivity contribution is 0.0930. The van der Waals surface area contributed by atoms with Gasteiger partial charge in [-0.15, -0.1) is 11.3 Å². The number of amides is 1. The number of carbonyl (C=O) groups excluding carboxylic acids is 1. The van der Waals surface area contributed by atoms with Crippen LogP contribution in [-0.4, -0.2) is 23.5 Å². The van der Waals surface area contributed by atoms with Crippen molar-refractivity contribution in [1.82, 2.24) is 10.3 Å². The highest BCUT2D eigenvalue weighted by molar-refractivity contribution is 7.11. The van der Waals surface area contributed by atoms with Gasteiger partial charge in [-0.3, -0.25) is 4.79 Å². The number of thiazole rings is 1. The van der Waals surface area contributed by atoms with Crippen LogP contribution in [-0.2, 0) is 5.41 Å². The Morgan fingerprint density at radius 1 is 1.53 bits per heavy atom. The van der Waals surface area contributed by atoms with E-state index in [-0.39, 0.29) is 17.4 Å². The number of nitrogens with zero attached hydrogens (tertiary/aromatic N) is 1. The van der Waals surface area contributed by atoms with Crippen LogP contribution in [0.3, 0.4) is 0 Å². The first kappa shape index (κ1) is 14.5. The summed E-state index contributed by atoms with van der Waals surface area (Å²) in [6, 6.07) is 0.229. The van der Waals surface area contributed by atoms with E-state index in [1.54, 1.807) is 5.51 Å². The molecule has 106 valence electrons. The normalized spacial score (nSPS) is 23.6. The first-order chi connectivity index (χ1) is 8.93. The molecule has 1 amide bonds. The summed E-state index contributed by atoms with van der Waals surface area (Å²) in [6.45, 7) is 6.89. The molecule has 1 aliphatic rings. The molecule has 2 unspecified atom stereocenters. The van der Waals surface area contributed by atoms with Crippen molar-refractivity contribution in [2.75, 3.05) is 6.54 Å². The van der Waals surface area contributed by atoms with E-state index in [1.807, 2.05) is 0 Å². The summed E-state index contributed by atoms with van der Waals surface area (Å²) >= 11 is 1.42. The summed E-state index contributed by atoms with van der Waals surface area (Å²) < 4.78 is 0. The molecule has 1 fully saturated rings. The van der Waals surface area contributed by atoms with E-state index < -0.39 is 0 Å². The third-order valence-electron chi connectivity index (χ3n) is 3.76. The molecule has 1 aromatic heterocycles. The Morgan fingerprint density at radius 3 is 2.89 bits per heavy atom.